The van der Waals surface area contributed by atoms with Crippen LogP contribution in [-0.2, 0) is 24.9 Å². The van der Waals surface area contributed by atoms with Crippen LogP contribution in [0.5, 0.6) is 0 Å². The maximum absolute atomic E-state index is 11.4. The standard InChI is InChI=1S/C37H43BO4Si/c1-35(2,3)43(4,5)40-27-34(39)32-26-33(32)38-41-36(28-18-10-6-11-19-28,29-20-12-7-13-21-29)37(42-38,30-22-14-8-15-23-30)31-24-16-9-17-25-31/h6-25,32-34,39H,26-27H2,1-5H3/t32-,33-,34-/m1/s1. The summed E-state index contributed by atoms with van der Waals surface area (Å²) in [6, 6.07) is 41.9. The van der Waals surface area contributed by atoms with Gasteiger partial charge in [0.05, 0.1) is 12.7 Å². The van der Waals surface area contributed by atoms with Crippen molar-refractivity contribution in [3.63, 3.8) is 0 Å². The summed E-state index contributed by atoms with van der Waals surface area (Å²) in [6.07, 6.45) is 0.254. The van der Waals surface area contributed by atoms with E-state index in [1.807, 2.05) is 24.3 Å². The number of hydrogen-bond acceptors (Lipinski definition) is 4. The summed E-state index contributed by atoms with van der Waals surface area (Å²) in [5, 5.41) is 11.4. The van der Waals surface area contributed by atoms with Gasteiger partial charge in [-0.05, 0) is 58.5 Å². The van der Waals surface area contributed by atoms with Gasteiger partial charge in [-0.2, -0.15) is 0 Å². The molecule has 2 fully saturated rings. The van der Waals surface area contributed by atoms with E-state index in [1.165, 1.54) is 0 Å². The smallest absolute Gasteiger partial charge is 0.414 e. The van der Waals surface area contributed by atoms with Gasteiger partial charge in [0.2, 0.25) is 0 Å². The first-order valence-electron chi connectivity index (χ1n) is 15.5. The van der Waals surface area contributed by atoms with E-state index < -0.39 is 32.7 Å². The maximum atomic E-state index is 11.4. The van der Waals surface area contributed by atoms with Gasteiger partial charge in [-0.1, -0.05) is 142 Å². The lowest BCUT2D eigenvalue weighted by atomic mass is 9.66. The summed E-state index contributed by atoms with van der Waals surface area (Å²) in [6.45, 7) is 11.5. The Labute approximate surface area is 258 Å². The number of benzene rings is 4. The second-order valence-electron chi connectivity index (χ2n) is 13.6. The molecule has 4 nitrogen and oxygen atoms in total. The van der Waals surface area contributed by atoms with Crippen molar-refractivity contribution in [2.45, 2.75) is 68.4 Å². The van der Waals surface area contributed by atoms with Crippen LogP contribution in [-0.4, -0.2) is 33.3 Å². The maximum Gasteiger partial charge on any atom is 0.462 e. The summed E-state index contributed by atoms with van der Waals surface area (Å²) >= 11 is 0. The fraction of sp³-hybridized carbons (Fsp3) is 0.351. The molecule has 6 heteroatoms. The molecule has 0 unspecified atom stereocenters. The van der Waals surface area contributed by atoms with Gasteiger partial charge in [0.15, 0.2) is 8.32 Å². The Morgan fingerprint density at radius 1 is 0.721 bits per heavy atom. The van der Waals surface area contributed by atoms with Crippen LogP contribution < -0.4 is 0 Å². The fourth-order valence-corrected chi connectivity index (χ4v) is 7.47. The molecular formula is C37H43BO4Si. The lowest BCUT2D eigenvalue weighted by Crippen LogP contribution is -2.48. The molecular weight excluding hydrogens is 547 g/mol. The molecule has 0 spiro atoms. The summed E-state index contributed by atoms with van der Waals surface area (Å²) in [4.78, 5) is 0. The average molecular weight is 591 g/mol. The zero-order valence-corrected chi connectivity index (χ0v) is 26.9. The Kier molecular flexibility index (Phi) is 8.03. The number of rotatable bonds is 9. The van der Waals surface area contributed by atoms with Crippen LogP contribution in [0.1, 0.15) is 49.4 Å². The van der Waals surface area contributed by atoms with Gasteiger partial charge in [-0.25, -0.2) is 0 Å². The molecule has 0 radical (unpaired) electrons. The molecule has 222 valence electrons. The van der Waals surface area contributed by atoms with Gasteiger partial charge >= 0.3 is 7.12 Å². The topological polar surface area (TPSA) is 47.9 Å². The predicted molar refractivity (Wildman–Crippen MR) is 176 cm³/mol. The summed E-state index contributed by atoms with van der Waals surface area (Å²) in [5.74, 6) is 0.0838. The second kappa shape index (κ2) is 11.5. The van der Waals surface area contributed by atoms with E-state index >= 15 is 0 Å². The zero-order valence-electron chi connectivity index (χ0n) is 25.9. The second-order valence-corrected chi connectivity index (χ2v) is 18.4. The average Bonchev–Trinajstić information content (AvgIpc) is 3.75. The molecule has 4 aromatic rings. The number of hydrogen-bond donors (Lipinski definition) is 1. The van der Waals surface area contributed by atoms with E-state index in [0.717, 1.165) is 28.7 Å². The highest BCUT2D eigenvalue weighted by Crippen LogP contribution is 2.63. The zero-order chi connectivity index (χ0) is 30.3. The van der Waals surface area contributed by atoms with E-state index in [4.69, 9.17) is 13.7 Å². The van der Waals surface area contributed by atoms with E-state index in [0.29, 0.717) is 6.61 Å². The van der Waals surface area contributed by atoms with Crippen LogP contribution in [0.15, 0.2) is 121 Å². The molecule has 0 aromatic heterocycles. The molecule has 0 bridgehead atoms. The normalized spacial score (nSPS) is 21.9. The minimum Gasteiger partial charge on any atom is -0.414 e. The monoisotopic (exact) mass is 590 g/mol. The van der Waals surface area contributed by atoms with Gasteiger partial charge in [-0.15, -0.1) is 0 Å². The Morgan fingerprint density at radius 2 is 1.07 bits per heavy atom. The first kappa shape index (κ1) is 30.0. The minimum atomic E-state index is -1.98. The third kappa shape index (κ3) is 5.23. The summed E-state index contributed by atoms with van der Waals surface area (Å²) < 4.78 is 21.2. The molecule has 43 heavy (non-hydrogen) atoms. The third-order valence-corrected chi connectivity index (χ3v) is 14.5. The van der Waals surface area contributed by atoms with Crippen LogP contribution in [0.3, 0.4) is 0 Å². The van der Waals surface area contributed by atoms with Crippen LogP contribution >= 0.6 is 0 Å². The van der Waals surface area contributed by atoms with Crippen LogP contribution in [0, 0.1) is 5.92 Å². The molecule has 1 N–H and O–H groups in total. The van der Waals surface area contributed by atoms with Crippen LogP contribution in [0.25, 0.3) is 0 Å². The Bertz CT molecular complexity index is 1320. The van der Waals surface area contributed by atoms with Crippen LogP contribution in [0.2, 0.25) is 23.9 Å². The van der Waals surface area contributed by atoms with Gasteiger partial charge in [0, 0.05) is 0 Å². The van der Waals surface area contributed by atoms with Crippen molar-refractivity contribution in [2.24, 2.45) is 5.92 Å². The van der Waals surface area contributed by atoms with Crippen LogP contribution in [0.4, 0.5) is 0 Å². The molecule has 0 amide bonds. The van der Waals surface area contributed by atoms with Crippen molar-refractivity contribution in [1.82, 2.24) is 0 Å². The molecule has 1 saturated heterocycles. The quantitative estimate of drug-likeness (QED) is 0.200. The highest BCUT2D eigenvalue weighted by Gasteiger charge is 2.69. The van der Waals surface area contributed by atoms with Gasteiger partial charge in [0.1, 0.15) is 11.2 Å². The number of aliphatic hydroxyl groups excluding tert-OH is 1. The molecule has 6 rings (SSSR count). The first-order chi connectivity index (χ1) is 20.6. The van der Waals surface area contributed by atoms with Gasteiger partial charge < -0.3 is 18.8 Å². The highest BCUT2D eigenvalue weighted by molar-refractivity contribution is 6.74. The van der Waals surface area contributed by atoms with Crippen molar-refractivity contribution < 1.29 is 18.8 Å². The molecule has 2 aliphatic rings. The molecule has 4 aromatic carbocycles. The van der Waals surface area contributed by atoms with Gasteiger partial charge in [-0.3, -0.25) is 0 Å². The summed E-state index contributed by atoms with van der Waals surface area (Å²) in [7, 11) is -2.52. The van der Waals surface area contributed by atoms with Gasteiger partial charge in [0.25, 0.3) is 0 Å². The molecule has 3 atom stereocenters. The summed E-state index contributed by atoms with van der Waals surface area (Å²) in [5.41, 5.74) is 2.12. The van der Waals surface area contributed by atoms with Crippen molar-refractivity contribution in [3.05, 3.63) is 144 Å². The molecule has 1 saturated carbocycles. The van der Waals surface area contributed by atoms with Crippen molar-refractivity contribution in [1.29, 1.82) is 0 Å². The highest BCUT2D eigenvalue weighted by atomic mass is 28.4. The van der Waals surface area contributed by atoms with E-state index in [9.17, 15) is 5.11 Å². The SMILES string of the molecule is CC(C)(C)[Si](C)(C)OC[C@@H](O)[C@@H]1C[C@H]1B1OC(c2ccccc2)(c2ccccc2)C(c2ccccc2)(c2ccccc2)O1. The Morgan fingerprint density at radius 3 is 1.40 bits per heavy atom. The Balaban J connectivity index is 1.46. The van der Waals surface area contributed by atoms with E-state index in [1.54, 1.807) is 0 Å². The minimum absolute atomic E-state index is 0.0408. The van der Waals surface area contributed by atoms with Crippen molar-refractivity contribution >= 4 is 15.4 Å². The molecule has 1 aliphatic heterocycles. The third-order valence-electron chi connectivity index (χ3n) is 9.96. The number of aliphatic hydroxyl groups is 1. The first-order valence-corrected chi connectivity index (χ1v) is 18.4. The fourth-order valence-electron chi connectivity index (χ4n) is 6.45. The predicted octanol–water partition coefficient (Wildman–Crippen LogP) is 8.18. The molecule has 1 aliphatic carbocycles. The Hall–Kier alpha value is -3.00. The largest absolute Gasteiger partial charge is 0.462 e. The van der Waals surface area contributed by atoms with E-state index in [2.05, 4.69) is 131 Å². The molecule has 1 heterocycles. The lowest BCUT2D eigenvalue weighted by molar-refractivity contribution is 0.00370. The lowest BCUT2D eigenvalue weighted by Gasteiger charge is -2.46. The van der Waals surface area contributed by atoms with E-state index in [-0.39, 0.29) is 16.8 Å². The van der Waals surface area contributed by atoms with Crippen molar-refractivity contribution in [2.75, 3.05) is 6.61 Å². The van der Waals surface area contributed by atoms with Crippen molar-refractivity contribution in [3.8, 4) is 0 Å².